The molecule has 0 amide bonds. The van der Waals surface area contributed by atoms with Crippen molar-refractivity contribution in [2.75, 3.05) is 17.2 Å². The summed E-state index contributed by atoms with van der Waals surface area (Å²) in [6.45, 7) is 9.71. The molecule has 1 aromatic heterocycles. The van der Waals surface area contributed by atoms with Crippen LogP contribution < -0.4 is 10.6 Å². The molecule has 0 aliphatic rings. The number of hydrogen-bond acceptors (Lipinski definition) is 4. The van der Waals surface area contributed by atoms with Gasteiger partial charge in [-0.1, -0.05) is 27.7 Å². The van der Waals surface area contributed by atoms with Crippen molar-refractivity contribution >= 4 is 11.6 Å². The van der Waals surface area contributed by atoms with Gasteiger partial charge >= 0.3 is 0 Å². The maximum absolute atomic E-state index is 4.26. The fourth-order valence-electron chi connectivity index (χ4n) is 1.72. The van der Waals surface area contributed by atoms with Crippen LogP contribution in [0.5, 0.6) is 0 Å². The van der Waals surface area contributed by atoms with Crippen molar-refractivity contribution in [3.05, 3.63) is 12.4 Å². The van der Waals surface area contributed by atoms with Crippen LogP contribution in [0.15, 0.2) is 12.4 Å². The van der Waals surface area contributed by atoms with E-state index in [2.05, 4.69) is 48.3 Å². The molecule has 0 spiro atoms. The molecule has 0 fully saturated rings. The summed E-state index contributed by atoms with van der Waals surface area (Å²) in [6.07, 6.45) is 3.79. The largest absolute Gasteiger partial charge is 0.370 e. The van der Waals surface area contributed by atoms with E-state index in [9.17, 15) is 0 Å². The van der Waals surface area contributed by atoms with Crippen molar-refractivity contribution in [2.45, 2.75) is 46.6 Å². The fraction of sp³-hybridized carbons (Fsp3) is 0.692. The topological polar surface area (TPSA) is 49.8 Å². The van der Waals surface area contributed by atoms with E-state index in [0.717, 1.165) is 31.0 Å². The lowest BCUT2D eigenvalue weighted by Crippen LogP contribution is -2.25. The molecule has 96 valence electrons. The van der Waals surface area contributed by atoms with E-state index >= 15 is 0 Å². The van der Waals surface area contributed by atoms with Gasteiger partial charge in [-0.05, 0) is 18.8 Å². The van der Waals surface area contributed by atoms with Gasteiger partial charge in [-0.15, -0.1) is 0 Å². The van der Waals surface area contributed by atoms with E-state index < -0.39 is 0 Å². The molecular formula is C13H24N4. The second-order valence-electron chi connectivity index (χ2n) is 4.62. The van der Waals surface area contributed by atoms with E-state index in [0.29, 0.717) is 12.0 Å². The van der Waals surface area contributed by atoms with Crippen molar-refractivity contribution in [3.8, 4) is 0 Å². The molecule has 0 saturated heterocycles. The van der Waals surface area contributed by atoms with E-state index in [1.807, 2.05) is 6.07 Å². The highest BCUT2D eigenvalue weighted by atomic mass is 15.1. The minimum atomic E-state index is 0.462. The third-order valence-electron chi connectivity index (χ3n) is 2.80. The van der Waals surface area contributed by atoms with Gasteiger partial charge < -0.3 is 10.6 Å². The molecule has 17 heavy (non-hydrogen) atoms. The van der Waals surface area contributed by atoms with Crippen LogP contribution in [-0.2, 0) is 0 Å². The molecule has 0 saturated carbocycles. The van der Waals surface area contributed by atoms with Crippen LogP contribution in [0.3, 0.4) is 0 Å². The predicted octanol–water partition coefficient (Wildman–Crippen LogP) is 3.15. The Balaban J connectivity index is 2.64. The highest BCUT2D eigenvalue weighted by Gasteiger charge is 2.11. The summed E-state index contributed by atoms with van der Waals surface area (Å²) >= 11 is 0. The Kier molecular flexibility index (Phi) is 5.73. The van der Waals surface area contributed by atoms with Gasteiger partial charge in [-0.3, -0.25) is 0 Å². The molecule has 0 aromatic carbocycles. The van der Waals surface area contributed by atoms with Crippen LogP contribution in [0.4, 0.5) is 11.6 Å². The highest BCUT2D eigenvalue weighted by Crippen LogP contribution is 2.14. The molecule has 1 heterocycles. The average Bonchev–Trinajstić information content (AvgIpc) is 2.33. The maximum Gasteiger partial charge on any atom is 0.131 e. The number of anilines is 2. The van der Waals surface area contributed by atoms with E-state index in [4.69, 9.17) is 0 Å². The quantitative estimate of drug-likeness (QED) is 0.763. The van der Waals surface area contributed by atoms with Gasteiger partial charge in [0, 0.05) is 18.7 Å². The van der Waals surface area contributed by atoms with Crippen molar-refractivity contribution < 1.29 is 0 Å². The molecule has 1 aromatic rings. The molecular weight excluding hydrogens is 212 g/mol. The van der Waals surface area contributed by atoms with Crippen LogP contribution in [0.2, 0.25) is 0 Å². The first kappa shape index (κ1) is 13.7. The molecule has 4 heteroatoms. The summed E-state index contributed by atoms with van der Waals surface area (Å²) in [5.41, 5.74) is 0. The predicted molar refractivity (Wildman–Crippen MR) is 73.4 cm³/mol. The molecule has 1 unspecified atom stereocenters. The number of rotatable bonds is 7. The molecule has 0 radical (unpaired) electrons. The zero-order chi connectivity index (χ0) is 12.7. The highest BCUT2D eigenvalue weighted by molar-refractivity contribution is 5.46. The van der Waals surface area contributed by atoms with Gasteiger partial charge in [0.05, 0.1) is 0 Å². The third-order valence-corrected chi connectivity index (χ3v) is 2.80. The van der Waals surface area contributed by atoms with E-state index in [1.165, 1.54) is 0 Å². The first-order chi connectivity index (χ1) is 8.17. The first-order valence-electron chi connectivity index (χ1n) is 6.49. The third kappa shape index (κ3) is 4.59. The van der Waals surface area contributed by atoms with Crippen molar-refractivity contribution in [3.63, 3.8) is 0 Å². The second-order valence-corrected chi connectivity index (χ2v) is 4.62. The van der Waals surface area contributed by atoms with Crippen LogP contribution >= 0.6 is 0 Å². The summed E-state index contributed by atoms with van der Waals surface area (Å²) in [5.74, 6) is 2.39. The lowest BCUT2D eigenvalue weighted by atomic mass is 10.0. The van der Waals surface area contributed by atoms with Crippen molar-refractivity contribution in [2.24, 2.45) is 5.92 Å². The smallest absolute Gasteiger partial charge is 0.131 e. The SMILES string of the molecule is CCCNc1cc(NC(CC)C(C)C)ncn1. The summed E-state index contributed by atoms with van der Waals surface area (Å²) in [6, 6.07) is 2.43. The Bertz CT molecular complexity index is 325. The molecule has 0 aliphatic carbocycles. The molecule has 2 N–H and O–H groups in total. The monoisotopic (exact) mass is 236 g/mol. The van der Waals surface area contributed by atoms with E-state index in [1.54, 1.807) is 6.33 Å². The summed E-state index contributed by atoms with van der Waals surface area (Å²) < 4.78 is 0. The normalized spacial score (nSPS) is 12.5. The van der Waals surface area contributed by atoms with Gasteiger partial charge in [0.2, 0.25) is 0 Å². The van der Waals surface area contributed by atoms with Gasteiger partial charge in [0.1, 0.15) is 18.0 Å². The molecule has 0 bridgehead atoms. The molecule has 0 aliphatic heterocycles. The average molecular weight is 236 g/mol. The van der Waals surface area contributed by atoms with Crippen LogP contribution in [0, 0.1) is 5.92 Å². The minimum Gasteiger partial charge on any atom is -0.370 e. The van der Waals surface area contributed by atoms with E-state index in [-0.39, 0.29) is 0 Å². The maximum atomic E-state index is 4.26. The first-order valence-corrected chi connectivity index (χ1v) is 6.49. The van der Waals surface area contributed by atoms with Crippen molar-refractivity contribution in [1.29, 1.82) is 0 Å². The standard InChI is InChI=1S/C13H24N4/c1-5-7-14-12-8-13(16-9-15-12)17-11(6-2)10(3)4/h8-11H,5-7H2,1-4H3,(H2,14,15,16,17). The summed E-state index contributed by atoms with van der Waals surface area (Å²) in [4.78, 5) is 8.45. The van der Waals surface area contributed by atoms with Crippen LogP contribution in [-0.4, -0.2) is 22.6 Å². The molecule has 1 atom stereocenters. The number of nitrogens with zero attached hydrogens (tertiary/aromatic N) is 2. The Morgan fingerprint density at radius 3 is 2.47 bits per heavy atom. The summed E-state index contributed by atoms with van der Waals surface area (Å²) in [5, 5.41) is 6.72. The zero-order valence-corrected chi connectivity index (χ0v) is 11.3. The second kappa shape index (κ2) is 7.09. The number of aromatic nitrogens is 2. The Morgan fingerprint density at radius 2 is 1.88 bits per heavy atom. The molecule has 4 nitrogen and oxygen atoms in total. The number of hydrogen-bond donors (Lipinski definition) is 2. The van der Waals surface area contributed by atoms with Gasteiger partial charge in [0.15, 0.2) is 0 Å². The molecule has 1 rings (SSSR count). The number of nitrogens with one attached hydrogen (secondary N) is 2. The summed E-state index contributed by atoms with van der Waals surface area (Å²) in [7, 11) is 0. The van der Waals surface area contributed by atoms with Crippen LogP contribution in [0.1, 0.15) is 40.5 Å². The van der Waals surface area contributed by atoms with Crippen molar-refractivity contribution in [1.82, 2.24) is 9.97 Å². The van der Waals surface area contributed by atoms with Crippen LogP contribution in [0.25, 0.3) is 0 Å². The Labute approximate surface area is 104 Å². The lowest BCUT2D eigenvalue weighted by Gasteiger charge is -2.21. The lowest BCUT2D eigenvalue weighted by molar-refractivity contribution is 0.510. The fourth-order valence-corrected chi connectivity index (χ4v) is 1.72. The minimum absolute atomic E-state index is 0.462. The van der Waals surface area contributed by atoms with Gasteiger partial charge in [-0.25, -0.2) is 9.97 Å². The van der Waals surface area contributed by atoms with Gasteiger partial charge in [0.25, 0.3) is 0 Å². The Hall–Kier alpha value is -1.32. The Morgan fingerprint density at radius 1 is 1.18 bits per heavy atom. The van der Waals surface area contributed by atoms with Gasteiger partial charge in [-0.2, -0.15) is 0 Å². The zero-order valence-electron chi connectivity index (χ0n) is 11.3.